The van der Waals surface area contributed by atoms with Crippen molar-refractivity contribution in [3.8, 4) is 0 Å². The lowest BCUT2D eigenvalue weighted by Gasteiger charge is -2.31. The largest absolute Gasteiger partial charge is 0.355 e. The minimum absolute atomic E-state index is 0.512. The standard InChI is InChI=1S/C16H33N7/c1-7-23(8-2)14(9-13(3)4)10-18-16(17-5)19-11-15-20-12-21-22(15)6/h12-14H,7-11H2,1-6H3,(H2,17,18,19). The fourth-order valence-corrected chi connectivity index (χ4v) is 2.72. The molecule has 1 atom stereocenters. The highest BCUT2D eigenvalue weighted by atomic mass is 15.3. The van der Waals surface area contributed by atoms with E-state index in [0.717, 1.165) is 31.4 Å². The van der Waals surface area contributed by atoms with Crippen LogP contribution in [-0.4, -0.2) is 58.3 Å². The van der Waals surface area contributed by atoms with E-state index in [2.05, 4.69) is 58.3 Å². The Morgan fingerprint density at radius 1 is 1.30 bits per heavy atom. The highest BCUT2D eigenvalue weighted by Crippen LogP contribution is 2.10. The molecule has 1 aromatic rings. The zero-order chi connectivity index (χ0) is 17.2. The molecule has 0 bridgehead atoms. The van der Waals surface area contributed by atoms with E-state index in [-0.39, 0.29) is 0 Å². The van der Waals surface area contributed by atoms with Crippen molar-refractivity contribution in [2.24, 2.45) is 18.0 Å². The summed E-state index contributed by atoms with van der Waals surface area (Å²) in [5.41, 5.74) is 0. The van der Waals surface area contributed by atoms with Gasteiger partial charge in [0.15, 0.2) is 5.96 Å². The molecule has 2 N–H and O–H groups in total. The minimum atomic E-state index is 0.512. The highest BCUT2D eigenvalue weighted by Gasteiger charge is 2.17. The molecule has 1 unspecified atom stereocenters. The Hall–Kier alpha value is -1.63. The Kier molecular flexibility index (Phi) is 8.61. The number of hydrogen-bond donors (Lipinski definition) is 2. The molecular weight excluding hydrogens is 290 g/mol. The summed E-state index contributed by atoms with van der Waals surface area (Å²) in [5, 5.41) is 10.8. The Morgan fingerprint density at radius 2 is 2.00 bits per heavy atom. The summed E-state index contributed by atoms with van der Waals surface area (Å²) in [6.07, 6.45) is 2.74. The summed E-state index contributed by atoms with van der Waals surface area (Å²) >= 11 is 0. The average molecular weight is 323 g/mol. The SMILES string of the molecule is CCN(CC)C(CNC(=NC)NCc1ncnn1C)CC(C)C. The van der Waals surface area contributed by atoms with E-state index in [9.17, 15) is 0 Å². The number of nitrogens with one attached hydrogen (secondary N) is 2. The lowest BCUT2D eigenvalue weighted by atomic mass is 10.0. The molecule has 1 aromatic heterocycles. The van der Waals surface area contributed by atoms with Gasteiger partial charge in [0.25, 0.3) is 0 Å². The number of nitrogens with zero attached hydrogens (tertiary/aromatic N) is 5. The van der Waals surface area contributed by atoms with Gasteiger partial charge in [-0.05, 0) is 25.4 Å². The van der Waals surface area contributed by atoms with Gasteiger partial charge in [0, 0.05) is 26.7 Å². The Bertz CT molecular complexity index is 463. The smallest absolute Gasteiger partial charge is 0.191 e. The van der Waals surface area contributed by atoms with Gasteiger partial charge in [0.1, 0.15) is 12.2 Å². The topological polar surface area (TPSA) is 70.4 Å². The van der Waals surface area contributed by atoms with Crippen LogP contribution < -0.4 is 10.6 Å². The molecule has 0 aliphatic heterocycles. The monoisotopic (exact) mass is 323 g/mol. The number of aryl methyl sites for hydroxylation is 1. The quantitative estimate of drug-likeness (QED) is 0.528. The highest BCUT2D eigenvalue weighted by molar-refractivity contribution is 5.79. The zero-order valence-electron chi connectivity index (χ0n) is 15.5. The maximum absolute atomic E-state index is 4.30. The van der Waals surface area contributed by atoms with Crippen molar-refractivity contribution in [1.29, 1.82) is 0 Å². The second-order valence-electron chi connectivity index (χ2n) is 6.11. The van der Waals surface area contributed by atoms with Gasteiger partial charge in [-0.3, -0.25) is 14.6 Å². The third-order valence-electron chi connectivity index (χ3n) is 4.02. The van der Waals surface area contributed by atoms with Gasteiger partial charge in [-0.25, -0.2) is 4.98 Å². The van der Waals surface area contributed by atoms with Crippen LogP contribution in [-0.2, 0) is 13.6 Å². The van der Waals surface area contributed by atoms with E-state index in [1.807, 2.05) is 7.05 Å². The Balaban J connectivity index is 2.54. The first-order valence-corrected chi connectivity index (χ1v) is 8.53. The van der Waals surface area contributed by atoms with Crippen LogP contribution >= 0.6 is 0 Å². The van der Waals surface area contributed by atoms with E-state index in [1.165, 1.54) is 6.42 Å². The van der Waals surface area contributed by atoms with Gasteiger partial charge >= 0.3 is 0 Å². The molecule has 0 amide bonds. The number of aliphatic imine (C=N–C) groups is 1. The first-order valence-electron chi connectivity index (χ1n) is 8.53. The third kappa shape index (κ3) is 6.56. The lowest BCUT2D eigenvalue weighted by Crippen LogP contribution is -2.47. The molecule has 132 valence electrons. The maximum Gasteiger partial charge on any atom is 0.191 e. The van der Waals surface area contributed by atoms with Crippen molar-refractivity contribution in [3.05, 3.63) is 12.2 Å². The molecular formula is C16H33N7. The normalized spacial score (nSPS) is 13.7. The summed E-state index contributed by atoms with van der Waals surface area (Å²) < 4.78 is 1.76. The van der Waals surface area contributed by atoms with Crippen molar-refractivity contribution in [2.45, 2.75) is 46.7 Å². The predicted molar refractivity (Wildman–Crippen MR) is 95.4 cm³/mol. The molecule has 0 aliphatic carbocycles. The molecule has 0 saturated heterocycles. The summed E-state index contributed by atoms with van der Waals surface area (Å²) in [6, 6.07) is 0.512. The molecule has 7 nitrogen and oxygen atoms in total. The van der Waals surface area contributed by atoms with Crippen molar-refractivity contribution < 1.29 is 0 Å². The number of likely N-dealkylation sites (N-methyl/N-ethyl adjacent to an activating group) is 1. The summed E-state index contributed by atoms with van der Waals surface area (Å²) in [7, 11) is 3.68. The van der Waals surface area contributed by atoms with Crippen LogP contribution in [0.2, 0.25) is 0 Å². The van der Waals surface area contributed by atoms with Crippen LogP contribution in [0.25, 0.3) is 0 Å². The van der Waals surface area contributed by atoms with Crippen molar-refractivity contribution >= 4 is 5.96 Å². The molecule has 0 aliphatic rings. The minimum Gasteiger partial charge on any atom is -0.355 e. The number of rotatable bonds is 9. The fraction of sp³-hybridized carbons (Fsp3) is 0.812. The van der Waals surface area contributed by atoms with Crippen LogP contribution in [0.15, 0.2) is 11.3 Å². The summed E-state index contributed by atoms with van der Waals surface area (Å²) in [4.78, 5) is 11.0. The van der Waals surface area contributed by atoms with Gasteiger partial charge in [0.05, 0.1) is 6.54 Å². The van der Waals surface area contributed by atoms with Crippen LogP contribution in [0.1, 0.15) is 39.9 Å². The lowest BCUT2D eigenvalue weighted by molar-refractivity contribution is 0.191. The third-order valence-corrected chi connectivity index (χ3v) is 4.02. The predicted octanol–water partition coefficient (Wildman–Crippen LogP) is 1.24. The second kappa shape index (κ2) is 10.2. The second-order valence-corrected chi connectivity index (χ2v) is 6.11. The number of guanidine groups is 1. The van der Waals surface area contributed by atoms with E-state index < -0.39 is 0 Å². The number of aromatic nitrogens is 3. The molecule has 7 heteroatoms. The van der Waals surface area contributed by atoms with Gasteiger partial charge in [0.2, 0.25) is 0 Å². The molecule has 0 aromatic carbocycles. The van der Waals surface area contributed by atoms with Crippen LogP contribution in [0.4, 0.5) is 0 Å². The van der Waals surface area contributed by atoms with Crippen LogP contribution in [0, 0.1) is 5.92 Å². The first-order chi connectivity index (χ1) is 11.0. The number of hydrogen-bond acceptors (Lipinski definition) is 4. The molecule has 0 saturated carbocycles. The summed E-state index contributed by atoms with van der Waals surface area (Å²) in [5.74, 6) is 2.36. The first kappa shape index (κ1) is 19.4. The Morgan fingerprint density at radius 3 is 2.48 bits per heavy atom. The Labute approximate surface area is 140 Å². The average Bonchev–Trinajstić information content (AvgIpc) is 2.93. The fourth-order valence-electron chi connectivity index (χ4n) is 2.72. The van der Waals surface area contributed by atoms with Crippen molar-refractivity contribution in [1.82, 2.24) is 30.3 Å². The molecule has 1 rings (SSSR count). The van der Waals surface area contributed by atoms with Crippen LogP contribution in [0.5, 0.6) is 0 Å². The van der Waals surface area contributed by atoms with Gasteiger partial charge in [-0.1, -0.05) is 27.7 Å². The van der Waals surface area contributed by atoms with Gasteiger partial charge < -0.3 is 10.6 Å². The van der Waals surface area contributed by atoms with E-state index in [4.69, 9.17) is 0 Å². The maximum atomic E-state index is 4.30. The molecule has 0 radical (unpaired) electrons. The van der Waals surface area contributed by atoms with E-state index >= 15 is 0 Å². The molecule has 0 fully saturated rings. The van der Waals surface area contributed by atoms with Crippen molar-refractivity contribution in [3.63, 3.8) is 0 Å². The molecule has 1 heterocycles. The van der Waals surface area contributed by atoms with Gasteiger partial charge in [-0.15, -0.1) is 0 Å². The van der Waals surface area contributed by atoms with Crippen molar-refractivity contribution in [2.75, 3.05) is 26.7 Å². The van der Waals surface area contributed by atoms with Gasteiger partial charge in [-0.2, -0.15) is 5.10 Å². The summed E-state index contributed by atoms with van der Waals surface area (Å²) in [6.45, 7) is 12.6. The van der Waals surface area contributed by atoms with E-state index in [0.29, 0.717) is 18.5 Å². The zero-order valence-corrected chi connectivity index (χ0v) is 15.5. The van der Waals surface area contributed by atoms with Crippen LogP contribution in [0.3, 0.4) is 0 Å². The van der Waals surface area contributed by atoms with E-state index in [1.54, 1.807) is 18.1 Å². The molecule has 23 heavy (non-hydrogen) atoms. The molecule has 0 spiro atoms.